The van der Waals surface area contributed by atoms with Crippen LogP contribution in [-0.2, 0) is 11.3 Å². The molecule has 6 nitrogen and oxygen atoms in total. The molecule has 13 heavy (non-hydrogen) atoms. The summed E-state index contributed by atoms with van der Waals surface area (Å²) >= 11 is 3.19. The Hall–Kier alpha value is -0.660. The number of aromatic nitrogens is 3. The van der Waals surface area contributed by atoms with Gasteiger partial charge in [0, 0.05) is 0 Å². The number of aliphatic hydroxyl groups is 1. The average Bonchev–Trinajstić information content (AvgIpc) is 2.39. The second-order valence-corrected chi connectivity index (χ2v) is 3.01. The van der Waals surface area contributed by atoms with Crippen LogP contribution in [0.4, 0.5) is 5.95 Å². The molecule has 1 rings (SSSR count). The summed E-state index contributed by atoms with van der Waals surface area (Å²) < 4.78 is 7.22. The lowest BCUT2D eigenvalue weighted by Crippen LogP contribution is -2.10. The van der Waals surface area contributed by atoms with Crippen molar-refractivity contribution in [1.29, 1.82) is 0 Å². The Bertz CT molecular complexity index is 265. The summed E-state index contributed by atoms with van der Waals surface area (Å²) in [6.07, 6.45) is 0. The third kappa shape index (κ3) is 3.29. The van der Waals surface area contributed by atoms with Crippen molar-refractivity contribution in [3.8, 4) is 0 Å². The summed E-state index contributed by atoms with van der Waals surface area (Å²) in [5.74, 6) is 0.231. The zero-order valence-electron chi connectivity index (χ0n) is 6.98. The lowest BCUT2D eigenvalue weighted by Gasteiger charge is -2.02. The van der Waals surface area contributed by atoms with Crippen LogP contribution >= 0.6 is 15.9 Å². The van der Waals surface area contributed by atoms with Gasteiger partial charge in [-0.2, -0.15) is 4.98 Å². The van der Waals surface area contributed by atoms with Gasteiger partial charge in [0.1, 0.15) is 0 Å². The molecule has 0 spiro atoms. The van der Waals surface area contributed by atoms with E-state index in [1.54, 1.807) is 4.68 Å². The largest absolute Gasteiger partial charge is 0.394 e. The molecule has 74 valence electrons. The summed E-state index contributed by atoms with van der Waals surface area (Å²) in [6.45, 7) is 1.40. The first-order valence-corrected chi connectivity index (χ1v) is 4.57. The number of hydrogen-bond donors (Lipinski definition) is 2. The number of rotatable bonds is 5. The quantitative estimate of drug-likeness (QED) is 0.697. The molecule has 0 bridgehead atoms. The highest BCUT2D eigenvalue weighted by molar-refractivity contribution is 9.10. The topological polar surface area (TPSA) is 86.2 Å². The second kappa shape index (κ2) is 5.15. The summed E-state index contributed by atoms with van der Waals surface area (Å²) in [7, 11) is 0. The van der Waals surface area contributed by atoms with Crippen LogP contribution in [-0.4, -0.2) is 39.7 Å². The number of aliphatic hydroxyl groups excluding tert-OH is 1. The van der Waals surface area contributed by atoms with Gasteiger partial charge in [-0.05, 0) is 15.9 Å². The molecule has 1 aromatic rings. The van der Waals surface area contributed by atoms with Crippen molar-refractivity contribution in [2.45, 2.75) is 6.54 Å². The minimum absolute atomic E-state index is 0.0284. The van der Waals surface area contributed by atoms with Gasteiger partial charge in [-0.1, -0.05) is 0 Å². The van der Waals surface area contributed by atoms with E-state index in [2.05, 4.69) is 26.0 Å². The number of ether oxygens (including phenoxy) is 1. The first-order valence-electron chi connectivity index (χ1n) is 3.78. The van der Waals surface area contributed by atoms with E-state index in [9.17, 15) is 0 Å². The first-order chi connectivity index (χ1) is 6.24. The third-order valence-corrected chi connectivity index (χ3v) is 1.91. The van der Waals surface area contributed by atoms with Crippen LogP contribution in [0.3, 0.4) is 0 Å². The molecule has 0 saturated carbocycles. The van der Waals surface area contributed by atoms with Crippen molar-refractivity contribution in [2.24, 2.45) is 0 Å². The number of nitrogen functional groups attached to an aromatic ring is 1. The molecular formula is C6H11BrN4O2. The van der Waals surface area contributed by atoms with Gasteiger partial charge >= 0.3 is 0 Å². The van der Waals surface area contributed by atoms with Crippen LogP contribution in [0, 0.1) is 0 Å². The van der Waals surface area contributed by atoms with Gasteiger partial charge in [-0.15, -0.1) is 5.10 Å². The van der Waals surface area contributed by atoms with Crippen molar-refractivity contribution in [2.75, 3.05) is 25.6 Å². The fourth-order valence-electron chi connectivity index (χ4n) is 0.799. The maximum absolute atomic E-state index is 8.43. The molecule has 0 atom stereocenters. The molecule has 1 heterocycles. The van der Waals surface area contributed by atoms with Crippen molar-refractivity contribution in [1.82, 2.24) is 14.8 Å². The van der Waals surface area contributed by atoms with Crippen molar-refractivity contribution >= 4 is 21.9 Å². The Morgan fingerprint density at radius 1 is 1.54 bits per heavy atom. The van der Waals surface area contributed by atoms with E-state index in [4.69, 9.17) is 15.6 Å². The highest BCUT2D eigenvalue weighted by Crippen LogP contribution is 2.06. The minimum atomic E-state index is 0.0284. The first kappa shape index (κ1) is 10.4. The number of nitrogens with zero attached hydrogens (tertiary/aromatic N) is 3. The Kier molecular flexibility index (Phi) is 4.13. The van der Waals surface area contributed by atoms with E-state index < -0.39 is 0 Å². The Morgan fingerprint density at radius 3 is 2.85 bits per heavy atom. The van der Waals surface area contributed by atoms with Crippen LogP contribution < -0.4 is 5.73 Å². The van der Waals surface area contributed by atoms with Crippen LogP contribution in [0.2, 0.25) is 0 Å². The summed E-state index contributed by atoms with van der Waals surface area (Å²) in [6, 6.07) is 0. The second-order valence-electron chi connectivity index (χ2n) is 2.30. The molecule has 0 amide bonds. The number of anilines is 1. The molecule has 0 radical (unpaired) electrons. The van der Waals surface area contributed by atoms with E-state index in [1.807, 2.05) is 0 Å². The fraction of sp³-hybridized carbons (Fsp3) is 0.667. The maximum atomic E-state index is 8.43. The van der Waals surface area contributed by atoms with Crippen LogP contribution in [0.25, 0.3) is 0 Å². The van der Waals surface area contributed by atoms with Gasteiger partial charge in [-0.25, -0.2) is 4.68 Å². The molecule has 0 saturated heterocycles. The molecule has 0 aliphatic heterocycles. The van der Waals surface area contributed by atoms with Gasteiger partial charge in [0.05, 0.1) is 26.4 Å². The van der Waals surface area contributed by atoms with Crippen LogP contribution in [0.1, 0.15) is 0 Å². The van der Waals surface area contributed by atoms with Crippen molar-refractivity contribution < 1.29 is 9.84 Å². The minimum Gasteiger partial charge on any atom is -0.394 e. The van der Waals surface area contributed by atoms with Crippen molar-refractivity contribution in [3.63, 3.8) is 0 Å². The smallest absolute Gasteiger partial charge is 0.240 e. The standard InChI is InChI=1S/C6H11BrN4O2/c7-5-9-6(8)10-11(5)1-3-13-4-2-12/h12H,1-4H2,(H2,8,10). The highest BCUT2D eigenvalue weighted by atomic mass is 79.9. The predicted octanol–water partition coefficient (Wildman–Crippen LogP) is -0.368. The van der Waals surface area contributed by atoms with Crippen LogP contribution in [0.15, 0.2) is 4.73 Å². The lowest BCUT2D eigenvalue weighted by atomic mass is 10.7. The molecule has 0 aliphatic carbocycles. The molecule has 0 aromatic carbocycles. The predicted molar refractivity (Wildman–Crippen MR) is 50.0 cm³/mol. The van der Waals surface area contributed by atoms with Gasteiger partial charge in [0.2, 0.25) is 5.95 Å². The highest BCUT2D eigenvalue weighted by Gasteiger charge is 2.03. The SMILES string of the molecule is Nc1nc(Br)n(CCOCCO)n1. The Balaban J connectivity index is 2.32. The molecule has 0 unspecified atom stereocenters. The normalized spacial score (nSPS) is 10.6. The number of halogens is 1. The molecule has 3 N–H and O–H groups in total. The van der Waals surface area contributed by atoms with Gasteiger partial charge in [0.25, 0.3) is 0 Å². The summed E-state index contributed by atoms with van der Waals surface area (Å²) in [4.78, 5) is 3.85. The summed E-state index contributed by atoms with van der Waals surface area (Å²) in [5.41, 5.74) is 5.36. The van der Waals surface area contributed by atoms with E-state index in [0.717, 1.165) is 0 Å². The molecule has 0 aliphatic rings. The lowest BCUT2D eigenvalue weighted by molar-refractivity contribution is 0.0850. The molecule has 0 fully saturated rings. The zero-order valence-corrected chi connectivity index (χ0v) is 8.57. The summed E-state index contributed by atoms with van der Waals surface area (Å²) in [5, 5.41) is 12.3. The molecule has 7 heteroatoms. The van der Waals surface area contributed by atoms with E-state index >= 15 is 0 Å². The van der Waals surface area contributed by atoms with Gasteiger partial charge in [-0.3, -0.25) is 0 Å². The number of nitrogens with two attached hydrogens (primary N) is 1. The monoisotopic (exact) mass is 250 g/mol. The van der Waals surface area contributed by atoms with E-state index in [0.29, 0.717) is 24.5 Å². The zero-order chi connectivity index (χ0) is 9.68. The number of hydrogen-bond acceptors (Lipinski definition) is 5. The van der Waals surface area contributed by atoms with Crippen LogP contribution in [0.5, 0.6) is 0 Å². The molecular weight excluding hydrogens is 240 g/mol. The van der Waals surface area contributed by atoms with E-state index in [1.165, 1.54) is 0 Å². The van der Waals surface area contributed by atoms with Gasteiger partial charge < -0.3 is 15.6 Å². The third-order valence-electron chi connectivity index (χ3n) is 1.33. The molecule has 1 aromatic heterocycles. The average molecular weight is 251 g/mol. The maximum Gasteiger partial charge on any atom is 0.240 e. The van der Waals surface area contributed by atoms with E-state index in [-0.39, 0.29) is 12.6 Å². The fourth-order valence-corrected chi connectivity index (χ4v) is 1.24. The van der Waals surface area contributed by atoms with Crippen molar-refractivity contribution in [3.05, 3.63) is 4.73 Å². The Morgan fingerprint density at radius 2 is 2.31 bits per heavy atom. The Labute approximate surface area is 83.8 Å². The van der Waals surface area contributed by atoms with Gasteiger partial charge in [0.15, 0.2) is 4.73 Å².